The number of morpholine rings is 1. The first-order valence-electron chi connectivity index (χ1n) is 9.88. The molecule has 0 unspecified atom stereocenters. The Balaban J connectivity index is 1.74. The molecule has 8 nitrogen and oxygen atoms in total. The highest BCUT2D eigenvalue weighted by atomic mass is 32.1. The molecular formula is C22H20F3N3O5S. The van der Waals surface area contributed by atoms with Gasteiger partial charge in [-0.05, 0) is 44.2 Å². The van der Waals surface area contributed by atoms with E-state index in [2.05, 4.69) is 16.6 Å². The Labute approximate surface area is 197 Å². The molecule has 0 bridgehead atoms. The number of rotatable bonds is 5. The molecule has 2 aromatic rings. The van der Waals surface area contributed by atoms with Crippen molar-refractivity contribution in [3.63, 3.8) is 0 Å². The minimum absolute atomic E-state index is 0.0280. The molecule has 3 amide bonds. The highest BCUT2D eigenvalue weighted by molar-refractivity contribution is 7.14. The number of alkyl halides is 3. The molecule has 0 aliphatic carbocycles. The zero-order valence-corrected chi connectivity index (χ0v) is 18.9. The molecule has 0 atom stereocenters. The van der Waals surface area contributed by atoms with Crippen LogP contribution in [0, 0.1) is 12.3 Å². The number of nitrogens with one attached hydrogen (secondary N) is 2. The zero-order valence-electron chi connectivity index (χ0n) is 18.1. The van der Waals surface area contributed by atoms with E-state index in [0.717, 1.165) is 28.4 Å². The van der Waals surface area contributed by atoms with E-state index in [-0.39, 0.29) is 36.2 Å². The summed E-state index contributed by atoms with van der Waals surface area (Å²) in [5.41, 5.74) is -3.13. The van der Waals surface area contributed by atoms with Crippen LogP contribution in [0.15, 0.2) is 30.3 Å². The monoisotopic (exact) mass is 495 g/mol. The average Bonchev–Trinajstić information content (AvgIpc) is 3.20. The van der Waals surface area contributed by atoms with E-state index < -0.39 is 35.2 Å². The van der Waals surface area contributed by atoms with E-state index in [1.165, 1.54) is 26.0 Å². The second-order valence-electron chi connectivity index (χ2n) is 7.68. The van der Waals surface area contributed by atoms with E-state index >= 15 is 0 Å². The number of terminal acetylenes is 1. The summed E-state index contributed by atoms with van der Waals surface area (Å²) < 4.78 is 51.2. The zero-order chi connectivity index (χ0) is 25.1. The molecule has 180 valence electrons. The maximum Gasteiger partial charge on any atom is 0.418 e. The standard InChI is InChI=1S/C22H20F3N3O5S/c1-4-14-6-8-18(34-14)33-20(31)27-21(2,3)19(30)26-13-5-7-16(15(11-13)22(23,24)25)28-9-10-32-12-17(28)29/h1,5-8,11H,9-10,12H2,2-3H3,(H,26,30)(H,27,31). The van der Waals surface area contributed by atoms with E-state index in [0.29, 0.717) is 4.88 Å². The summed E-state index contributed by atoms with van der Waals surface area (Å²) in [7, 11) is 0. The molecule has 0 spiro atoms. The normalized spacial score (nSPS) is 14.4. The quantitative estimate of drug-likeness (QED) is 0.618. The molecular weight excluding hydrogens is 475 g/mol. The molecule has 0 radical (unpaired) electrons. The molecule has 1 saturated heterocycles. The first-order valence-corrected chi connectivity index (χ1v) is 10.7. The Morgan fingerprint density at radius 2 is 1.97 bits per heavy atom. The topological polar surface area (TPSA) is 97.0 Å². The fraction of sp³-hybridized carbons (Fsp3) is 0.318. The summed E-state index contributed by atoms with van der Waals surface area (Å²) >= 11 is 1.05. The number of nitrogens with zero attached hydrogens (tertiary/aromatic N) is 1. The van der Waals surface area contributed by atoms with Crippen LogP contribution in [0.1, 0.15) is 24.3 Å². The lowest BCUT2D eigenvalue weighted by atomic mass is 10.0. The average molecular weight is 495 g/mol. The fourth-order valence-corrected chi connectivity index (χ4v) is 3.68. The van der Waals surface area contributed by atoms with Crippen molar-refractivity contribution < 1.29 is 37.0 Å². The van der Waals surface area contributed by atoms with Gasteiger partial charge >= 0.3 is 12.3 Å². The van der Waals surface area contributed by atoms with Gasteiger partial charge < -0.3 is 25.0 Å². The molecule has 1 fully saturated rings. The van der Waals surface area contributed by atoms with Crippen molar-refractivity contribution in [1.29, 1.82) is 0 Å². The van der Waals surface area contributed by atoms with Crippen LogP contribution in [0.3, 0.4) is 0 Å². The first kappa shape index (κ1) is 25.1. The van der Waals surface area contributed by atoms with Gasteiger partial charge in [-0.2, -0.15) is 13.2 Å². The molecule has 2 N–H and O–H groups in total. The van der Waals surface area contributed by atoms with Crippen LogP contribution in [-0.4, -0.2) is 43.2 Å². The lowest BCUT2D eigenvalue weighted by Crippen LogP contribution is -2.53. The second kappa shape index (κ2) is 9.74. The Hall–Kier alpha value is -3.56. The van der Waals surface area contributed by atoms with Crippen molar-refractivity contribution in [2.45, 2.75) is 25.6 Å². The number of amides is 3. The molecule has 0 saturated carbocycles. The number of hydrogen-bond donors (Lipinski definition) is 2. The summed E-state index contributed by atoms with van der Waals surface area (Å²) in [4.78, 5) is 38.4. The summed E-state index contributed by atoms with van der Waals surface area (Å²) in [6.45, 7) is 2.47. The largest absolute Gasteiger partial charge is 0.418 e. The SMILES string of the molecule is C#Cc1ccc(OC(=O)NC(C)(C)C(=O)Nc2ccc(N3CCOCC3=O)c(C(F)(F)F)c2)s1. The first-order chi connectivity index (χ1) is 15.9. The lowest BCUT2D eigenvalue weighted by Gasteiger charge is -2.30. The van der Waals surface area contributed by atoms with E-state index in [4.69, 9.17) is 15.9 Å². The van der Waals surface area contributed by atoms with Gasteiger partial charge in [-0.3, -0.25) is 9.59 Å². The van der Waals surface area contributed by atoms with Gasteiger partial charge in [-0.1, -0.05) is 17.3 Å². The minimum atomic E-state index is -4.79. The van der Waals surface area contributed by atoms with Gasteiger partial charge in [0.1, 0.15) is 12.1 Å². The maximum absolute atomic E-state index is 13.7. The Morgan fingerprint density at radius 3 is 2.59 bits per heavy atom. The summed E-state index contributed by atoms with van der Waals surface area (Å²) in [5, 5.41) is 4.93. The summed E-state index contributed by atoms with van der Waals surface area (Å²) in [5.74, 6) is 1.00. The maximum atomic E-state index is 13.7. The van der Waals surface area contributed by atoms with Crippen LogP contribution in [0.4, 0.5) is 29.3 Å². The Kier molecular flexibility index (Phi) is 7.18. The number of halogens is 3. The van der Waals surface area contributed by atoms with Crippen molar-refractivity contribution in [3.05, 3.63) is 40.8 Å². The van der Waals surface area contributed by atoms with Crippen LogP contribution < -0.4 is 20.3 Å². The molecule has 1 aromatic carbocycles. The number of anilines is 2. The molecule has 34 heavy (non-hydrogen) atoms. The molecule has 1 aliphatic heterocycles. The van der Waals surface area contributed by atoms with Gasteiger partial charge in [0.25, 0.3) is 5.91 Å². The predicted octanol–water partition coefficient (Wildman–Crippen LogP) is 3.62. The predicted molar refractivity (Wildman–Crippen MR) is 119 cm³/mol. The van der Waals surface area contributed by atoms with E-state index in [1.807, 2.05) is 0 Å². The molecule has 1 aliphatic rings. The molecule has 12 heteroatoms. The fourth-order valence-electron chi connectivity index (χ4n) is 3.02. The van der Waals surface area contributed by atoms with Crippen molar-refractivity contribution in [2.75, 3.05) is 30.0 Å². The lowest BCUT2D eigenvalue weighted by molar-refractivity contribution is -0.137. The number of carbonyl (C=O) groups excluding carboxylic acids is 3. The summed E-state index contributed by atoms with van der Waals surface area (Å²) in [6, 6.07) is 6.16. The van der Waals surface area contributed by atoms with Gasteiger partial charge in [0.05, 0.1) is 22.7 Å². The third kappa shape index (κ3) is 5.86. The third-order valence-corrected chi connectivity index (χ3v) is 5.63. The molecule has 2 heterocycles. The van der Waals surface area contributed by atoms with Crippen LogP contribution in [0.5, 0.6) is 5.06 Å². The third-order valence-electron chi connectivity index (χ3n) is 4.74. The number of hydrogen-bond acceptors (Lipinski definition) is 6. The van der Waals surface area contributed by atoms with Crippen molar-refractivity contribution >= 4 is 40.6 Å². The highest BCUT2D eigenvalue weighted by Gasteiger charge is 2.38. The number of thiophene rings is 1. The van der Waals surface area contributed by atoms with Gasteiger partial charge in [-0.25, -0.2) is 4.79 Å². The van der Waals surface area contributed by atoms with Crippen molar-refractivity contribution in [3.8, 4) is 17.4 Å². The second-order valence-corrected chi connectivity index (χ2v) is 8.73. The molecule has 1 aromatic heterocycles. The van der Waals surface area contributed by atoms with Gasteiger partial charge in [0.2, 0.25) is 5.91 Å². The highest BCUT2D eigenvalue weighted by Crippen LogP contribution is 2.39. The van der Waals surface area contributed by atoms with E-state index in [9.17, 15) is 27.6 Å². The smallest absolute Gasteiger partial charge is 0.399 e. The summed E-state index contributed by atoms with van der Waals surface area (Å²) in [6.07, 6.45) is -0.469. The van der Waals surface area contributed by atoms with Crippen LogP contribution in [0.25, 0.3) is 0 Å². The van der Waals surface area contributed by atoms with Gasteiger partial charge in [0.15, 0.2) is 5.06 Å². The van der Waals surface area contributed by atoms with E-state index in [1.54, 1.807) is 6.07 Å². The van der Waals surface area contributed by atoms with Gasteiger partial charge in [0, 0.05) is 12.2 Å². The number of ether oxygens (including phenoxy) is 2. The van der Waals surface area contributed by atoms with Crippen molar-refractivity contribution in [2.24, 2.45) is 0 Å². The minimum Gasteiger partial charge on any atom is -0.399 e. The number of carbonyl (C=O) groups is 3. The van der Waals surface area contributed by atoms with Crippen LogP contribution >= 0.6 is 11.3 Å². The Morgan fingerprint density at radius 1 is 1.24 bits per heavy atom. The molecule has 3 rings (SSSR count). The number of benzene rings is 1. The van der Waals surface area contributed by atoms with Crippen molar-refractivity contribution in [1.82, 2.24) is 5.32 Å². The Bertz CT molecular complexity index is 1150. The van der Waals surface area contributed by atoms with Crippen LogP contribution in [-0.2, 0) is 20.5 Å². The van der Waals surface area contributed by atoms with Gasteiger partial charge in [-0.15, -0.1) is 6.42 Å². The van der Waals surface area contributed by atoms with Crippen LogP contribution in [0.2, 0.25) is 0 Å².